The number of hydrogen-bond donors (Lipinski definition) is 1. The quantitative estimate of drug-likeness (QED) is 0.351. The number of nitrogens with one attached hydrogen (secondary N) is 1. The highest BCUT2D eigenvalue weighted by molar-refractivity contribution is 5.51. The maximum Gasteiger partial charge on any atom is 0.283 e. The molecule has 0 bridgehead atoms. The van der Waals surface area contributed by atoms with Crippen molar-refractivity contribution in [3.05, 3.63) is 12.2 Å². The van der Waals surface area contributed by atoms with Gasteiger partial charge in [-0.1, -0.05) is 6.08 Å². The van der Waals surface area contributed by atoms with Gasteiger partial charge in [0.15, 0.2) is 0 Å². The Labute approximate surface area is 64.0 Å². The maximum atomic E-state index is 12.7. The van der Waals surface area contributed by atoms with Gasteiger partial charge in [0, 0.05) is 6.54 Å². The van der Waals surface area contributed by atoms with Gasteiger partial charge in [0.2, 0.25) is 0 Å². The van der Waals surface area contributed by atoms with Crippen LogP contribution >= 0.6 is 0 Å². The van der Waals surface area contributed by atoms with Gasteiger partial charge < -0.3 is 4.90 Å². The zero-order valence-electron chi connectivity index (χ0n) is 6.06. The molecule has 0 atom stereocenters. The highest BCUT2D eigenvalue weighted by atomic mass is 19.3. The van der Waals surface area contributed by atoms with Crippen LogP contribution < -0.4 is 0 Å². The Morgan fingerprint density at radius 2 is 2.27 bits per heavy atom. The van der Waals surface area contributed by atoms with Crippen LogP contribution in [-0.4, -0.2) is 30.3 Å². The van der Waals surface area contributed by atoms with E-state index in [0.29, 0.717) is 13.0 Å². The molecular weight excluding hydrogens is 150 g/mol. The van der Waals surface area contributed by atoms with Crippen LogP contribution in [-0.2, 0) is 0 Å². The SMILES string of the molecule is N=CN1CCC=CC(F)(F)C1. The molecule has 1 rings (SSSR count). The third-order valence-corrected chi connectivity index (χ3v) is 1.54. The topological polar surface area (TPSA) is 27.1 Å². The average Bonchev–Trinajstić information content (AvgIpc) is 2.10. The van der Waals surface area contributed by atoms with Crippen molar-refractivity contribution in [2.24, 2.45) is 0 Å². The summed E-state index contributed by atoms with van der Waals surface area (Å²) in [5.41, 5.74) is 0. The number of halogens is 2. The molecule has 11 heavy (non-hydrogen) atoms. The second-order valence-corrected chi connectivity index (χ2v) is 2.55. The van der Waals surface area contributed by atoms with Gasteiger partial charge in [0.1, 0.15) is 0 Å². The molecule has 1 N–H and O–H groups in total. The lowest BCUT2D eigenvalue weighted by molar-refractivity contribution is 0.0364. The fourth-order valence-electron chi connectivity index (χ4n) is 1.01. The molecule has 62 valence electrons. The molecule has 4 heteroatoms. The van der Waals surface area contributed by atoms with Crippen molar-refractivity contribution in [1.29, 1.82) is 5.41 Å². The van der Waals surface area contributed by atoms with Crippen molar-refractivity contribution >= 4 is 6.34 Å². The van der Waals surface area contributed by atoms with Gasteiger partial charge in [-0.2, -0.15) is 0 Å². The Morgan fingerprint density at radius 3 is 2.91 bits per heavy atom. The second kappa shape index (κ2) is 2.98. The predicted octanol–water partition coefficient (Wildman–Crippen LogP) is 1.49. The van der Waals surface area contributed by atoms with Crippen LogP contribution in [0, 0.1) is 5.41 Å². The van der Waals surface area contributed by atoms with E-state index >= 15 is 0 Å². The third-order valence-electron chi connectivity index (χ3n) is 1.54. The molecule has 0 aromatic heterocycles. The molecule has 0 unspecified atom stereocenters. The first-order valence-corrected chi connectivity index (χ1v) is 3.44. The summed E-state index contributed by atoms with van der Waals surface area (Å²) in [5, 5.41) is 6.81. The van der Waals surface area contributed by atoms with Gasteiger partial charge in [-0.25, -0.2) is 8.78 Å². The highest BCUT2D eigenvalue weighted by Gasteiger charge is 2.28. The van der Waals surface area contributed by atoms with E-state index in [4.69, 9.17) is 5.41 Å². The van der Waals surface area contributed by atoms with Crippen molar-refractivity contribution in [2.75, 3.05) is 13.1 Å². The Bertz CT molecular complexity index is 177. The first-order valence-electron chi connectivity index (χ1n) is 3.44. The van der Waals surface area contributed by atoms with E-state index in [1.807, 2.05) is 0 Å². The fraction of sp³-hybridized carbons (Fsp3) is 0.571. The second-order valence-electron chi connectivity index (χ2n) is 2.55. The number of hydrogen-bond acceptors (Lipinski definition) is 1. The number of rotatable bonds is 1. The molecule has 1 aliphatic heterocycles. The molecule has 0 saturated carbocycles. The molecule has 1 heterocycles. The maximum absolute atomic E-state index is 12.7. The third kappa shape index (κ3) is 2.29. The van der Waals surface area contributed by atoms with Gasteiger partial charge in [0.05, 0.1) is 12.9 Å². The van der Waals surface area contributed by atoms with E-state index < -0.39 is 5.92 Å². The van der Waals surface area contributed by atoms with Crippen LogP contribution in [0.1, 0.15) is 6.42 Å². The van der Waals surface area contributed by atoms with Crippen molar-refractivity contribution in [2.45, 2.75) is 12.3 Å². The summed E-state index contributed by atoms with van der Waals surface area (Å²) in [4.78, 5) is 1.31. The van der Waals surface area contributed by atoms with Crippen molar-refractivity contribution in [1.82, 2.24) is 4.90 Å². The molecule has 2 nitrogen and oxygen atoms in total. The van der Waals surface area contributed by atoms with E-state index in [2.05, 4.69) is 0 Å². The monoisotopic (exact) mass is 160 g/mol. The predicted molar refractivity (Wildman–Crippen MR) is 39.1 cm³/mol. The molecule has 0 spiro atoms. The Hall–Kier alpha value is -0.930. The lowest BCUT2D eigenvalue weighted by Crippen LogP contribution is -2.33. The number of nitrogens with zero attached hydrogens (tertiary/aromatic N) is 1. The van der Waals surface area contributed by atoms with Crippen LogP contribution in [0.15, 0.2) is 12.2 Å². The Kier molecular flexibility index (Phi) is 2.22. The fourth-order valence-corrected chi connectivity index (χ4v) is 1.01. The highest BCUT2D eigenvalue weighted by Crippen LogP contribution is 2.19. The molecular formula is C7H10F2N2. The molecule has 0 aliphatic carbocycles. The first kappa shape index (κ1) is 8.17. The molecule has 0 aromatic rings. The summed E-state index contributed by atoms with van der Waals surface area (Å²) in [6.45, 7) is 0.141. The van der Waals surface area contributed by atoms with E-state index in [9.17, 15) is 8.78 Å². The van der Waals surface area contributed by atoms with Crippen molar-refractivity contribution in [3.8, 4) is 0 Å². The summed E-state index contributed by atoms with van der Waals surface area (Å²) >= 11 is 0. The normalized spacial score (nSPS) is 22.9. The van der Waals surface area contributed by atoms with Gasteiger partial charge in [-0.05, 0) is 12.5 Å². The average molecular weight is 160 g/mol. The van der Waals surface area contributed by atoms with Crippen molar-refractivity contribution in [3.63, 3.8) is 0 Å². The van der Waals surface area contributed by atoms with Crippen LogP contribution in [0.3, 0.4) is 0 Å². The summed E-state index contributed by atoms with van der Waals surface area (Å²) in [5.74, 6) is -2.77. The van der Waals surface area contributed by atoms with Gasteiger partial charge >= 0.3 is 0 Å². The van der Waals surface area contributed by atoms with Gasteiger partial charge in [0.25, 0.3) is 5.92 Å². The summed E-state index contributed by atoms with van der Waals surface area (Å²) < 4.78 is 25.3. The molecule has 0 fully saturated rings. The smallest absolute Gasteiger partial charge is 0.283 e. The van der Waals surface area contributed by atoms with Crippen LogP contribution in [0.4, 0.5) is 8.78 Å². The molecule has 0 amide bonds. The van der Waals surface area contributed by atoms with E-state index in [-0.39, 0.29) is 6.54 Å². The largest absolute Gasteiger partial charge is 0.356 e. The first-order chi connectivity index (χ1) is 5.14. The molecule has 0 aromatic carbocycles. The molecule has 1 aliphatic rings. The Morgan fingerprint density at radius 1 is 1.55 bits per heavy atom. The molecule has 0 saturated heterocycles. The number of alkyl halides is 2. The Balaban J connectivity index is 2.63. The minimum Gasteiger partial charge on any atom is -0.356 e. The summed E-state index contributed by atoms with van der Waals surface area (Å²) in [6, 6.07) is 0. The summed E-state index contributed by atoms with van der Waals surface area (Å²) in [7, 11) is 0. The van der Waals surface area contributed by atoms with Crippen LogP contribution in [0.25, 0.3) is 0 Å². The molecule has 0 radical (unpaired) electrons. The van der Waals surface area contributed by atoms with E-state index in [1.165, 1.54) is 11.0 Å². The lowest BCUT2D eigenvalue weighted by Gasteiger charge is -2.19. The van der Waals surface area contributed by atoms with Gasteiger partial charge in [-0.3, -0.25) is 5.41 Å². The van der Waals surface area contributed by atoms with E-state index in [0.717, 1.165) is 12.4 Å². The van der Waals surface area contributed by atoms with Gasteiger partial charge in [-0.15, -0.1) is 0 Å². The zero-order valence-corrected chi connectivity index (χ0v) is 6.06. The minimum atomic E-state index is -2.77. The van der Waals surface area contributed by atoms with Crippen LogP contribution in [0.2, 0.25) is 0 Å². The standard InChI is InChI=1S/C7H10F2N2/c8-7(9)3-1-2-4-11(5-7)6-10/h1,3,6,10H,2,4-5H2. The van der Waals surface area contributed by atoms with Crippen molar-refractivity contribution < 1.29 is 8.78 Å². The lowest BCUT2D eigenvalue weighted by atomic mass is 10.3. The summed E-state index contributed by atoms with van der Waals surface area (Å²) in [6.07, 6.45) is 3.92. The zero-order chi connectivity index (χ0) is 8.32. The van der Waals surface area contributed by atoms with E-state index in [1.54, 1.807) is 0 Å². The minimum absolute atomic E-state index is 0.368. The van der Waals surface area contributed by atoms with Crippen LogP contribution in [0.5, 0.6) is 0 Å².